The number of ether oxygens (including phenoxy) is 1. The maximum atomic E-state index is 13.4. The van der Waals surface area contributed by atoms with Crippen molar-refractivity contribution in [3.05, 3.63) is 87.8 Å². The summed E-state index contributed by atoms with van der Waals surface area (Å²) in [4.78, 5) is 30.8. The van der Waals surface area contributed by atoms with Crippen LogP contribution in [-0.2, 0) is 9.53 Å². The number of nitrogens with one attached hydrogen (secondary N) is 1. The van der Waals surface area contributed by atoms with E-state index in [2.05, 4.69) is 5.10 Å². The number of aromatic nitrogens is 2. The quantitative estimate of drug-likeness (QED) is 0.406. The first kappa shape index (κ1) is 22.6. The number of para-hydroxylation sites is 1. The van der Waals surface area contributed by atoms with Crippen LogP contribution in [0, 0.1) is 6.92 Å². The summed E-state index contributed by atoms with van der Waals surface area (Å²) in [5, 5.41) is 3.15. The molecule has 0 aliphatic heterocycles. The number of carbonyl (C=O) groups excluding carboxylic acids is 1. The van der Waals surface area contributed by atoms with Crippen LogP contribution in [-0.4, -0.2) is 46.1 Å². The van der Waals surface area contributed by atoms with Crippen molar-refractivity contribution in [3.63, 3.8) is 0 Å². The minimum Gasteiger partial charge on any atom is -0.464 e. The predicted octanol–water partition coefficient (Wildman–Crippen LogP) is 4.00. The summed E-state index contributed by atoms with van der Waals surface area (Å²) < 4.78 is 6.77. The molecule has 0 amide bonds. The molecule has 1 N–H and O–H groups in total. The van der Waals surface area contributed by atoms with Gasteiger partial charge in [0.2, 0.25) is 0 Å². The van der Waals surface area contributed by atoms with Gasteiger partial charge >= 0.3 is 5.97 Å². The number of carbonyl (C=O) groups is 1. The van der Waals surface area contributed by atoms with Gasteiger partial charge in [0, 0.05) is 11.3 Å². The summed E-state index contributed by atoms with van der Waals surface area (Å²) in [6.07, 6.45) is 2.52. The van der Waals surface area contributed by atoms with Crippen LogP contribution in [0.3, 0.4) is 0 Å². The molecule has 1 heterocycles. The standard InChI is InChI=1S/C24H27N3O3S/c1-4-30-24(29)20(15-16-31-3)25-22(18-11-7-5-8-12-18)21-17(2)26-27(23(21)28)19-13-9-6-10-14-19/h5-14,20,26H,4,15-16H2,1-3H3/t20-/m0/s1. The van der Waals surface area contributed by atoms with Gasteiger partial charge in [-0.15, -0.1) is 0 Å². The molecule has 0 aliphatic rings. The Kier molecular flexibility index (Phi) is 7.89. The molecule has 0 radical (unpaired) electrons. The maximum Gasteiger partial charge on any atom is 0.330 e. The van der Waals surface area contributed by atoms with Crippen molar-refractivity contribution >= 4 is 23.4 Å². The van der Waals surface area contributed by atoms with Crippen molar-refractivity contribution in [2.24, 2.45) is 4.99 Å². The second-order valence-corrected chi connectivity index (χ2v) is 7.97. The highest BCUT2D eigenvalue weighted by Gasteiger charge is 2.24. The van der Waals surface area contributed by atoms with Gasteiger partial charge < -0.3 is 4.74 Å². The van der Waals surface area contributed by atoms with Crippen LogP contribution in [0.5, 0.6) is 0 Å². The van der Waals surface area contributed by atoms with Crippen LogP contribution in [0.1, 0.15) is 30.2 Å². The van der Waals surface area contributed by atoms with E-state index in [9.17, 15) is 9.59 Å². The normalized spacial score (nSPS) is 12.5. The lowest BCUT2D eigenvalue weighted by atomic mass is 10.0. The first-order valence-corrected chi connectivity index (χ1v) is 11.6. The number of hydrogen-bond donors (Lipinski definition) is 1. The number of rotatable bonds is 9. The molecular formula is C24H27N3O3S. The number of esters is 1. The third-order valence-corrected chi connectivity index (χ3v) is 5.45. The zero-order chi connectivity index (χ0) is 22.2. The number of benzene rings is 2. The van der Waals surface area contributed by atoms with Crippen LogP contribution in [0.2, 0.25) is 0 Å². The average molecular weight is 438 g/mol. The van der Waals surface area contributed by atoms with Gasteiger partial charge in [-0.25, -0.2) is 9.48 Å². The number of aromatic amines is 1. The first-order valence-electron chi connectivity index (χ1n) is 10.2. The summed E-state index contributed by atoms with van der Waals surface area (Å²) >= 11 is 1.64. The average Bonchev–Trinajstić information content (AvgIpc) is 3.09. The van der Waals surface area contributed by atoms with E-state index in [-0.39, 0.29) is 18.1 Å². The molecule has 1 aromatic heterocycles. The van der Waals surface area contributed by atoms with Crippen molar-refractivity contribution < 1.29 is 9.53 Å². The summed E-state index contributed by atoms with van der Waals surface area (Å²) in [7, 11) is 0. The summed E-state index contributed by atoms with van der Waals surface area (Å²) in [5.74, 6) is 0.386. The van der Waals surface area contributed by atoms with Crippen LogP contribution in [0.25, 0.3) is 5.69 Å². The molecule has 0 bridgehead atoms. The van der Waals surface area contributed by atoms with E-state index in [1.165, 1.54) is 4.68 Å². The van der Waals surface area contributed by atoms with E-state index in [1.54, 1.807) is 18.7 Å². The fourth-order valence-corrected chi connectivity index (χ4v) is 3.78. The monoisotopic (exact) mass is 437 g/mol. The van der Waals surface area contributed by atoms with E-state index in [0.29, 0.717) is 23.4 Å². The minimum atomic E-state index is -0.679. The molecule has 0 aliphatic carbocycles. The molecule has 3 rings (SSSR count). The van der Waals surface area contributed by atoms with Gasteiger partial charge in [0.25, 0.3) is 5.56 Å². The maximum absolute atomic E-state index is 13.4. The summed E-state index contributed by atoms with van der Waals surface area (Å²) in [5.41, 5.74) is 2.93. The molecule has 3 aromatic rings. The Balaban J connectivity index is 2.17. The van der Waals surface area contributed by atoms with Gasteiger partial charge in [-0.1, -0.05) is 48.5 Å². The minimum absolute atomic E-state index is 0.209. The van der Waals surface area contributed by atoms with Crippen molar-refractivity contribution in [3.8, 4) is 5.69 Å². The highest BCUT2D eigenvalue weighted by atomic mass is 32.2. The third-order valence-electron chi connectivity index (χ3n) is 4.81. The molecule has 0 saturated heterocycles. The fraction of sp³-hybridized carbons (Fsp3) is 0.292. The Labute approximate surface area is 186 Å². The number of aryl methyl sites for hydroxylation is 1. The van der Waals surface area contributed by atoms with E-state index >= 15 is 0 Å². The van der Waals surface area contributed by atoms with Gasteiger partial charge in [-0.3, -0.25) is 14.9 Å². The number of aliphatic imine (C=N–C) groups is 1. The largest absolute Gasteiger partial charge is 0.464 e. The van der Waals surface area contributed by atoms with Crippen molar-refractivity contribution in [2.45, 2.75) is 26.3 Å². The third kappa shape index (κ3) is 5.35. The zero-order valence-electron chi connectivity index (χ0n) is 18.0. The summed E-state index contributed by atoms with van der Waals surface area (Å²) in [6, 6.07) is 18.2. The highest BCUT2D eigenvalue weighted by molar-refractivity contribution is 7.98. The van der Waals surface area contributed by atoms with E-state index in [1.807, 2.05) is 73.8 Å². The van der Waals surface area contributed by atoms with Crippen LogP contribution in [0.4, 0.5) is 0 Å². The molecule has 2 aromatic carbocycles. The molecule has 7 heteroatoms. The SMILES string of the molecule is CCOC(=O)[C@H](CCSC)N=C(c1ccccc1)c1c(C)[nH]n(-c2ccccc2)c1=O. The smallest absolute Gasteiger partial charge is 0.330 e. The Morgan fingerprint density at radius 3 is 2.39 bits per heavy atom. The Morgan fingerprint density at radius 2 is 1.77 bits per heavy atom. The molecule has 0 spiro atoms. The molecule has 6 nitrogen and oxygen atoms in total. The summed E-state index contributed by atoms with van der Waals surface area (Å²) in [6.45, 7) is 3.91. The molecule has 0 saturated carbocycles. The second-order valence-electron chi connectivity index (χ2n) is 6.98. The molecule has 0 unspecified atom stereocenters. The van der Waals surface area contributed by atoms with E-state index in [0.717, 1.165) is 17.0 Å². The van der Waals surface area contributed by atoms with E-state index < -0.39 is 6.04 Å². The van der Waals surface area contributed by atoms with Gasteiger partial charge in [-0.2, -0.15) is 11.8 Å². The van der Waals surface area contributed by atoms with Gasteiger partial charge in [0.15, 0.2) is 0 Å². The van der Waals surface area contributed by atoms with Crippen molar-refractivity contribution in [2.75, 3.05) is 18.6 Å². The zero-order valence-corrected chi connectivity index (χ0v) is 18.8. The van der Waals surface area contributed by atoms with E-state index in [4.69, 9.17) is 9.73 Å². The van der Waals surface area contributed by atoms with Crippen LogP contribution >= 0.6 is 11.8 Å². The van der Waals surface area contributed by atoms with Crippen LogP contribution < -0.4 is 5.56 Å². The second kappa shape index (κ2) is 10.8. The fourth-order valence-electron chi connectivity index (χ4n) is 3.32. The Hall–Kier alpha value is -3.06. The molecule has 162 valence electrons. The lowest BCUT2D eigenvalue weighted by molar-refractivity contribution is -0.144. The number of thioether (sulfide) groups is 1. The first-order chi connectivity index (χ1) is 15.1. The Morgan fingerprint density at radius 1 is 1.13 bits per heavy atom. The van der Waals surface area contributed by atoms with Gasteiger partial charge in [0.1, 0.15) is 6.04 Å². The molecular weight excluding hydrogens is 410 g/mol. The van der Waals surface area contributed by atoms with Gasteiger partial charge in [-0.05, 0) is 44.4 Å². The number of H-pyrrole nitrogens is 1. The lowest BCUT2D eigenvalue weighted by Crippen LogP contribution is -2.27. The molecule has 1 atom stereocenters. The van der Waals surface area contributed by atoms with Crippen molar-refractivity contribution in [1.82, 2.24) is 9.78 Å². The van der Waals surface area contributed by atoms with Crippen LogP contribution in [0.15, 0.2) is 70.5 Å². The topological polar surface area (TPSA) is 76.4 Å². The number of nitrogens with zero attached hydrogens (tertiary/aromatic N) is 2. The number of hydrogen-bond acceptors (Lipinski definition) is 5. The highest BCUT2D eigenvalue weighted by Crippen LogP contribution is 2.16. The van der Waals surface area contributed by atoms with Gasteiger partial charge in [0.05, 0.1) is 23.6 Å². The molecule has 0 fully saturated rings. The predicted molar refractivity (Wildman–Crippen MR) is 127 cm³/mol. The molecule has 31 heavy (non-hydrogen) atoms. The Bertz CT molecular complexity index is 1090. The van der Waals surface area contributed by atoms with Crippen molar-refractivity contribution in [1.29, 1.82) is 0 Å². The lowest BCUT2D eigenvalue weighted by Gasteiger charge is -2.14.